The summed E-state index contributed by atoms with van der Waals surface area (Å²) in [6, 6.07) is 56.2. The zero-order valence-corrected chi connectivity index (χ0v) is 91.7. The van der Waals surface area contributed by atoms with E-state index < -0.39 is 41.7 Å². The summed E-state index contributed by atoms with van der Waals surface area (Å²) in [5.74, 6) is 8.20. The van der Waals surface area contributed by atoms with E-state index in [-0.39, 0.29) is 27.7 Å². The second-order valence-corrected chi connectivity index (χ2v) is 47.3. The molecule has 0 saturated carbocycles. The molecule has 25 heteroatoms. The van der Waals surface area contributed by atoms with Crippen molar-refractivity contribution >= 4 is 81.7 Å². The average molecular weight is 2010 g/mol. The second kappa shape index (κ2) is 49.5. The van der Waals surface area contributed by atoms with E-state index in [4.69, 9.17) is 110 Å². The monoisotopic (exact) mass is 2010 g/mol. The summed E-state index contributed by atoms with van der Waals surface area (Å²) in [5.41, 5.74) is 19.7. The molecule has 0 amide bonds. The van der Waals surface area contributed by atoms with Crippen molar-refractivity contribution in [3.63, 3.8) is 0 Å². The van der Waals surface area contributed by atoms with E-state index in [0.717, 1.165) is 106 Å². The van der Waals surface area contributed by atoms with Gasteiger partial charge in [0.25, 0.3) is 0 Å². The fraction of sp³-hybridized carbons (Fsp3) is 0.342. The fourth-order valence-electron chi connectivity index (χ4n) is 14.3. The highest BCUT2D eigenvalue weighted by Crippen LogP contribution is 2.58. The maximum atomic E-state index is 11.0. The van der Waals surface area contributed by atoms with Crippen molar-refractivity contribution in [2.75, 3.05) is 35.5 Å². The molecule has 0 saturated heterocycles. The number of phenolic OH excluding ortho intramolecular Hbond substituents is 4. The van der Waals surface area contributed by atoms with Gasteiger partial charge in [-0.3, -0.25) is 0 Å². The zero-order valence-electron chi connectivity index (χ0n) is 85.1. The van der Waals surface area contributed by atoms with Gasteiger partial charge in [0.05, 0.1) is 52.4 Å². The number of halogens is 4. The van der Waals surface area contributed by atoms with Gasteiger partial charge < -0.3 is 75.8 Å². The Morgan fingerprint density at radius 1 is 0.287 bits per heavy atom. The van der Waals surface area contributed by atoms with E-state index >= 15 is 0 Å². The Morgan fingerprint density at radius 3 is 0.824 bits per heavy atom. The maximum absolute atomic E-state index is 11.0. The highest BCUT2D eigenvalue weighted by Gasteiger charge is 2.37. The lowest BCUT2D eigenvalue weighted by Crippen LogP contribution is -2.17. The third-order valence-corrected chi connectivity index (χ3v) is 24.8. The Kier molecular flexibility index (Phi) is 41.1. The first-order valence-electron chi connectivity index (χ1n) is 44.4. The molecule has 0 heterocycles. The average Bonchev–Trinajstić information content (AvgIpc) is 0.745. The Hall–Kier alpha value is -10.0. The summed E-state index contributed by atoms with van der Waals surface area (Å²) < 4.78 is 81.1. The summed E-state index contributed by atoms with van der Waals surface area (Å²) in [4.78, 5) is 0. The molecule has 0 aromatic heterocycles. The molecule has 12 rings (SSSR count). The van der Waals surface area contributed by atoms with Crippen molar-refractivity contribution in [3.8, 4) is 114 Å². The molecule has 1 aliphatic carbocycles. The fourth-order valence-corrected chi connectivity index (χ4v) is 17.8. The van der Waals surface area contributed by atoms with Gasteiger partial charge in [-0.25, -0.2) is 0 Å². The summed E-state index contributed by atoms with van der Waals surface area (Å²) in [7, 11) is 2.33. The molecule has 11 aromatic rings. The third kappa shape index (κ3) is 33.1. The first kappa shape index (κ1) is 113. The standard InChI is InChI=1S/C54H64O8P2.C22H30O4.C16H17ClO2P.C11H16O2.C8H10O.Cl3P/c1-33-17-21-47(37(5)25-33)57-63(58-48-22-18-34(2)26-38(48)6)61-51-43(29-41(55-15)31-45(51)53(9,10)11)44-30-42(56-16)32-46(54(12,13)14)52(44)62-64(59-49-23-19-35(3)27-39(49)7)60-50-24-20-36(4)28-40(50)8;1-21(2,3)17-11-13(25-7)9-15(19(17)23)16-10-14(26-8)12-18(20(16)24)22(4,5)6;1-11-5-7-15(13(3)9-11)18-20(17)19-16-8-6-12(2)10-14(16)4;1-11(2,3)9-7-8(13-4)5-6-10(9)12;1-6-3-4-8(9)7(2)5-6;1-4(2)3/h17-32H,1-16H3;9-12,23-24H,1-8H3;5-10H,3H2,1-2,4H3;5-7,12H,1-4H3;3-5,9H,1-2H3;/q;;+1;;;. The van der Waals surface area contributed by atoms with Crippen LogP contribution in [-0.4, -0.2) is 61.8 Å². The molecule has 17 nitrogen and oxygen atoms in total. The number of allylic oxidation sites excluding steroid dienone is 5. The van der Waals surface area contributed by atoms with Gasteiger partial charge >= 0.3 is 30.7 Å². The molecule has 1 atom stereocenters. The number of ketones is 1. The molecule has 0 radical (unpaired) electrons. The molecule has 0 fully saturated rings. The van der Waals surface area contributed by atoms with Gasteiger partial charge in [-0.1, -0.05) is 250 Å². The smallest absolute Gasteiger partial charge is 0.508 e. The summed E-state index contributed by atoms with van der Waals surface area (Å²) in [6.45, 7) is 61.4. The molecular formula is C111H137Cl4O17P4+. The first-order valence-corrected chi connectivity index (χ1v) is 52.7. The minimum Gasteiger partial charge on any atom is -0.508 e. The minimum atomic E-state index is -2.13. The van der Waals surface area contributed by atoms with Crippen molar-refractivity contribution in [3.05, 3.63) is 306 Å². The molecule has 136 heavy (non-hydrogen) atoms. The van der Waals surface area contributed by atoms with Crippen molar-refractivity contribution in [1.82, 2.24) is 0 Å². The normalized spacial score (nSPS) is 12.5. The maximum Gasteiger partial charge on any atom is 0.677 e. The van der Waals surface area contributed by atoms with Crippen LogP contribution in [0.3, 0.4) is 0 Å². The molecule has 1 unspecified atom stereocenters. The molecule has 11 aromatic carbocycles. The van der Waals surface area contributed by atoms with Crippen LogP contribution in [0, 0.1) is 83.1 Å². The summed E-state index contributed by atoms with van der Waals surface area (Å²) in [6.07, 6.45) is 5.77. The number of hydrogen-bond acceptors (Lipinski definition) is 16. The number of ether oxygens (including phenoxy) is 5. The van der Waals surface area contributed by atoms with E-state index in [2.05, 4.69) is 121 Å². The number of phenols is 4. The largest absolute Gasteiger partial charge is 0.677 e. The lowest BCUT2D eigenvalue weighted by Gasteiger charge is -2.30. The predicted molar refractivity (Wildman–Crippen MR) is 571 cm³/mol. The highest BCUT2D eigenvalue weighted by atomic mass is 36.0. The van der Waals surface area contributed by atoms with E-state index in [0.29, 0.717) is 97.0 Å². The molecule has 730 valence electrons. The first-order chi connectivity index (χ1) is 63.3. The lowest BCUT2D eigenvalue weighted by molar-refractivity contribution is -0.268. The van der Waals surface area contributed by atoms with Crippen LogP contribution in [-0.2, 0) is 31.3 Å². The van der Waals surface area contributed by atoms with Gasteiger partial charge in [0.1, 0.15) is 92.0 Å². The van der Waals surface area contributed by atoms with Gasteiger partial charge in [-0.2, -0.15) is 4.21 Å². The van der Waals surface area contributed by atoms with Gasteiger partial charge in [-0.05, 0) is 271 Å². The van der Waals surface area contributed by atoms with E-state index in [1.54, 1.807) is 65.9 Å². The molecule has 0 bridgehead atoms. The molecule has 0 aliphatic heterocycles. The number of methoxy groups -OCH3 is 5. The van der Waals surface area contributed by atoms with Crippen LogP contribution >= 0.6 is 75.9 Å². The number of aromatic hydroxyl groups is 4. The Morgan fingerprint density at radius 2 is 0.551 bits per heavy atom. The quantitative estimate of drug-likeness (QED) is 0.0283. The van der Waals surface area contributed by atoms with Crippen molar-refractivity contribution in [2.45, 2.75) is 221 Å². The predicted octanol–water partition coefficient (Wildman–Crippen LogP) is 34.3. The van der Waals surface area contributed by atoms with E-state index in [9.17, 15) is 15.3 Å². The summed E-state index contributed by atoms with van der Waals surface area (Å²) in [5, 5.41) is 40.6. The number of hydrogen-bond donors (Lipinski definition) is 4. The van der Waals surface area contributed by atoms with E-state index in [1.807, 2.05) is 243 Å². The summed E-state index contributed by atoms with van der Waals surface area (Å²) >= 11 is 20.8. The number of aryl methyl sites for hydroxylation is 12. The SMILES string of the molecule is C=C1C=C(C)C=CC1=[O+]P(Cl)Oc1ccc(C)cc1C.COc1cc(-c2cc(OC)cc(C(C)(C)C)c2O)c(O)c(C(C)(C)C)c1.COc1cc(-c2cc(OC)cc(C(C)(C)C)c2OP(Oc2ccc(C)cc2C)Oc2ccc(C)cc2C)c(OP(Oc2ccc(C)cc2C)Oc2ccc(C)cc2C)c(C(C)(C)C)c1.COc1ccc(O)c(C(C)(C)C)c1.Cc1ccc(O)c(C)c1.ClP(Cl)Cl. The van der Waals surface area contributed by atoms with Crippen molar-refractivity contribution in [1.29, 1.82) is 0 Å². The molecule has 0 spiro atoms. The highest BCUT2D eigenvalue weighted by molar-refractivity contribution is 8.20. The second-order valence-electron chi connectivity index (χ2n) is 38.7. The molecule has 4 N–H and O–H groups in total. The number of benzene rings is 11. The van der Waals surface area contributed by atoms with Gasteiger partial charge in [0.2, 0.25) is 0 Å². The number of rotatable bonds is 22. The lowest BCUT2D eigenvalue weighted by atomic mass is 9.81. The topological polar surface area (TPSA) is 203 Å². The van der Waals surface area contributed by atoms with Crippen molar-refractivity contribution < 1.29 is 80.0 Å². The van der Waals surface area contributed by atoms with Crippen LogP contribution < -0.4 is 55.4 Å². The van der Waals surface area contributed by atoms with Crippen LogP contribution in [0.5, 0.6) is 92.0 Å². The van der Waals surface area contributed by atoms with Crippen LogP contribution in [0.2, 0.25) is 0 Å². The van der Waals surface area contributed by atoms with Gasteiger partial charge in [-0.15, -0.1) is 0 Å². The van der Waals surface area contributed by atoms with E-state index in [1.165, 1.54) is 11.1 Å². The van der Waals surface area contributed by atoms with Gasteiger partial charge in [0, 0.05) is 56.1 Å². The molecular weight excluding hydrogens is 1870 g/mol. The Balaban J connectivity index is 0.000000281. The van der Waals surface area contributed by atoms with Crippen molar-refractivity contribution in [2.24, 2.45) is 0 Å². The number of carbonyl (C=O) groups excluding carboxylic acids is 1. The minimum absolute atomic E-state index is 0.0569. The zero-order chi connectivity index (χ0) is 102. The van der Waals surface area contributed by atoms with Crippen LogP contribution in [0.1, 0.15) is 205 Å². The Bertz CT molecular complexity index is 5710. The van der Waals surface area contributed by atoms with Gasteiger partial charge in [0.15, 0.2) is 5.98 Å². The Labute approximate surface area is 832 Å². The van der Waals surface area contributed by atoms with Crippen LogP contribution in [0.15, 0.2) is 212 Å². The molecule has 1 aliphatic rings. The van der Waals surface area contributed by atoms with Crippen LogP contribution in [0.4, 0.5) is 0 Å². The third-order valence-electron chi connectivity index (χ3n) is 21.6. The van der Waals surface area contributed by atoms with Crippen LogP contribution in [0.25, 0.3) is 22.3 Å².